The topological polar surface area (TPSA) is 84.3 Å². The van der Waals surface area contributed by atoms with Gasteiger partial charge in [0.05, 0.1) is 30.3 Å². The number of anilines is 1. The van der Waals surface area contributed by atoms with Crippen LogP contribution in [0.3, 0.4) is 0 Å². The van der Waals surface area contributed by atoms with Gasteiger partial charge in [-0.25, -0.2) is 4.98 Å². The number of nitrogens with zero attached hydrogens (tertiary/aromatic N) is 2. The lowest BCUT2D eigenvalue weighted by Gasteiger charge is -2.16. The van der Waals surface area contributed by atoms with Gasteiger partial charge in [-0.05, 0) is 48.9 Å². The number of aliphatic hydroxyl groups is 2. The minimum absolute atomic E-state index is 0.274. The Morgan fingerprint density at radius 2 is 1.95 bits per heavy atom. The summed E-state index contributed by atoms with van der Waals surface area (Å²) in [5, 5.41) is 18.6. The monoisotopic (exact) mass is 261 g/mol. The Morgan fingerprint density at radius 1 is 1.26 bits per heavy atom. The number of rotatable bonds is 3. The molecule has 1 unspecified atom stereocenters. The fourth-order valence-electron chi connectivity index (χ4n) is 2.83. The van der Waals surface area contributed by atoms with Crippen molar-refractivity contribution in [2.45, 2.75) is 38.3 Å². The highest BCUT2D eigenvalue weighted by Gasteiger charge is 2.16. The molecule has 1 atom stereocenters. The standard InChI is InChI=1S/C14H19N3O2/c15-14-16-12-5-9-3-1-2-4-10(9)6-13(12)17(14)7-11(19)8-18/h5-6,11,18-19H,1-4,7-8H2,(H2,15,16). The van der Waals surface area contributed by atoms with Crippen molar-refractivity contribution in [3.05, 3.63) is 23.3 Å². The first kappa shape index (κ1) is 12.4. The van der Waals surface area contributed by atoms with E-state index in [0.717, 1.165) is 23.9 Å². The van der Waals surface area contributed by atoms with Crippen molar-refractivity contribution in [2.24, 2.45) is 0 Å². The van der Waals surface area contributed by atoms with Gasteiger partial charge in [0, 0.05) is 0 Å². The number of hydrogen-bond donors (Lipinski definition) is 3. The summed E-state index contributed by atoms with van der Waals surface area (Å²) in [5.41, 5.74) is 10.5. The summed E-state index contributed by atoms with van der Waals surface area (Å²) in [6.45, 7) is 0.00166. The number of aromatic nitrogens is 2. The van der Waals surface area contributed by atoms with Gasteiger partial charge in [-0.2, -0.15) is 0 Å². The van der Waals surface area contributed by atoms with Crippen molar-refractivity contribution in [2.75, 3.05) is 12.3 Å². The minimum Gasteiger partial charge on any atom is -0.394 e. The molecular formula is C14H19N3O2. The molecule has 0 saturated carbocycles. The number of nitrogen functional groups attached to an aromatic ring is 1. The molecule has 2 aromatic rings. The number of imidazole rings is 1. The molecule has 19 heavy (non-hydrogen) atoms. The molecule has 0 fully saturated rings. The smallest absolute Gasteiger partial charge is 0.201 e. The summed E-state index contributed by atoms with van der Waals surface area (Å²) in [6, 6.07) is 4.25. The molecule has 5 nitrogen and oxygen atoms in total. The van der Waals surface area contributed by atoms with Crippen molar-refractivity contribution in [3.8, 4) is 0 Å². The van der Waals surface area contributed by atoms with E-state index in [4.69, 9.17) is 10.8 Å². The highest BCUT2D eigenvalue weighted by Crippen LogP contribution is 2.28. The number of nitrogens with two attached hydrogens (primary N) is 1. The number of aryl methyl sites for hydroxylation is 2. The van der Waals surface area contributed by atoms with Crippen LogP contribution in [0.4, 0.5) is 5.95 Å². The second-order valence-corrected chi connectivity index (χ2v) is 5.23. The van der Waals surface area contributed by atoms with E-state index in [-0.39, 0.29) is 13.2 Å². The van der Waals surface area contributed by atoms with E-state index in [1.54, 1.807) is 4.57 Å². The second-order valence-electron chi connectivity index (χ2n) is 5.23. The summed E-state index contributed by atoms with van der Waals surface area (Å²) in [4.78, 5) is 4.36. The minimum atomic E-state index is -0.810. The third kappa shape index (κ3) is 2.19. The molecule has 1 heterocycles. The summed E-state index contributed by atoms with van der Waals surface area (Å²) in [7, 11) is 0. The molecule has 4 N–H and O–H groups in total. The van der Waals surface area contributed by atoms with E-state index in [1.165, 1.54) is 24.0 Å². The molecule has 0 radical (unpaired) electrons. The first-order valence-corrected chi connectivity index (χ1v) is 6.75. The molecule has 0 saturated heterocycles. The van der Waals surface area contributed by atoms with Crippen LogP contribution in [-0.4, -0.2) is 32.5 Å². The van der Waals surface area contributed by atoms with Gasteiger partial charge in [-0.3, -0.25) is 0 Å². The first-order chi connectivity index (χ1) is 9.19. The van der Waals surface area contributed by atoms with Gasteiger partial charge in [0.25, 0.3) is 0 Å². The Kier molecular flexibility index (Phi) is 3.16. The molecule has 1 aromatic heterocycles. The molecule has 3 rings (SSSR count). The van der Waals surface area contributed by atoms with Crippen LogP contribution in [0, 0.1) is 0 Å². The summed E-state index contributed by atoms with van der Waals surface area (Å²) < 4.78 is 1.78. The number of benzene rings is 1. The molecule has 1 aliphatic rings. The molecule has 5 heteroatoms. The third-order valence-electron chi connectivity index (χ3n) is 3.85. The van der Waals surface area contributed by atoms with Crippen LogP contribution in [0.25, 0.3) is 11.0 Å². The normalized spacial score (nSPS) is 16.5. The van der Waals surface area contributed by atoms with Gasteiger partial charge < -0.3 is 20.5 Å². The van der Waals surface area contributed by atoms with Gasteiger partial charge in [-0.1, -0.05) is 0 Å². The predicted molar refractivity (Wildman–Crippen MR) is 73.9 cm³/mol. The Morgan fingerprint density at radius 3 is 2.63 bits per heavy atom. The van der Waals surface area contributed by atoms with Gasteiger partial charge in [-0.15, -0.1) is 0 Å². The van der Waals surface area contributed by atoms with E-state index in [9.17, 15) is 5.11 Å². The summed E-state index contributed by atoms with van der Waals surface area (Å²) in [5.74, 6) is 0.393. The van der Waals surface area contributed by atoms with E-state index in [2.05, 4.69) is 17.1 Å². The lowest BCUT2D eigenvalue weighted by molar-refractivity contribution is 0.0825. The van der Waals surface area contributed by atoms with Gasteiger partial charge in [0.1, 0.15) is 0 Å². The SMILES string of the molecule is Nc1nc2cc3c(cc2n1CC(O)CO)CCCC3. The Bertz CT molecular complexity index is 606. The maximum absolute atomic E-state index is 9.60. The first-order valence-electron chi connectivity index (χ1n) is 6.75. The maximum atomic E-state index is 9.60. The summed E-state index contributed by atoms with van der Waals surface area (Å²) in [6.07, 6.45) is 3.85. The van der Waals surface area contributed by atoms with Crippen molar-refractivity contribution < 1.29 is 10.2 Å². The van der Waals surface area contributed by atoms with E-state index in [1.807, 2.05) is 0 Å². The van der Waals surface area contributed by atoms with Crippen LogP contribution in [0.5, 0.6) is 0 Å². The Hall–Kier alpha value is -1.59. The molecule has 1 aromatic carbocycles. The van der Waals surface area contributed by atoms with E-state index < -0.39 is 6.10 Å². The maximum Gasteiger partial charge on any atom is 0.201 e. The average Bonchev–Trinajstić information content (AvgIpc) is 2.72. The van der Waals surface area contributed by atoms with Crippen LogP contribution >= 0.6 is 0 Å². The van der Waals surface area contributed by atoms with Crippen LogP contribution in [0.15, 0.2) is 12.1 Å². The predicted octanol–water partition coefficient (Wildman–Crippen LogP) is 0.851. The second kappa shape index (κ2) is 4.83. The quantitative estimate of drug-likeness (QED) is 0.764. The van der Waals surface area contributed by atoms with Crippen molar-refractivity contribution in [3.63, 3.8) is 0 Å². The van der Waals surface area contributed by atoms with Gasteiger partial charge >= 0.3 is 0 Å². The number of hydrogen-bond acceptors (Lipinski definition) is 4. The van der Waals surface area contributed by atoms with Crippen molar-refractivity contribution in [1.29, 1.82) is 0 Å². The van der Waals surface area contributed by atoms with Crippen LogP contribution in [0.2, 0.25) is 0 Å². The number of aliphatic hydroxyl groups excluding tert-OH is 2. The van der Waals surface area contributed by atoms with Crippen molar-refractivity contribution >= 4 is 17.0 Å². The highest BCUT2D eigenvalue weighted by atomic mass is 16.3. The molecule has 0 amide bonds. The molecule has 0 spiro atoms. The molecule has 102 valence electrons. The largest absolute Gasteiger partial charge is 0.394 e. The van der Waals surface area contributed by atoms with Gasteiger partial charge in [0.2, 0.25) is 5.95 Å². The number of fused-ring (bicyclic) bond motifs is 2. The van der Waals surface area contributed by atoms with Gasteiger partial charge in [0.15, 0.2) is 0 Å². The Balaban J connectivity index is 2.09. The zero-order chi connectivity index (χ0) is 13.4. The average molecular weight is 261 g/mol. The van der Waals surface area contributed by atoms with Crippen LogP contribution in [-0.2, 0) is 19.4 Å². The van der Waals surface area contributed by atoms with E-state index >= 15 is 0 Å². The molecule has 0 aliphatic heterocycles. The fourth-order valence-corrected chi connectivity index (χ4v) is 2.83. The summed E-state index contributed by atoms with van der Waals surface area (Å²) >= 11 is 0. The lowest BCUT2D eigenvalue weighted by Crippen LogP contribution is -2.20. The Labute approximate surface area is 111 Å². The highest BCUT2D eigenvalue weighted by molar-refractivity contribution is 5.80. The van der Waals surface area contributed by atoms with Crippen molar-refractivity contribution in [1.82, 2.24) is 9.55 Å². The lowest BCUT2D eigenvalue weighted by atomic mass is 9.91. The van der Waals surface area contributed by atoms with Crippen LogP contribution < -0.4 is 5.73 Å². The zero-order valence-corrected chi connectivity index (χ0v) is 10.8. The molecular weight excluding hydrogens is 242 g/mol. The molecule has 1 aliphatic carbocycles. The third-order valence-corrected chi connectivity index (χ3v) is 3.85. The molecule has 0 bridgehead atoms. The zero-order valence-electron chi connectivity index (χ0n) is 10.8. The van der Waals surface area contributed by atoms with E-state index in [0.29, 0.717) is 5.95 Å². The fraction of sp³-hybridized carbons (Fsp3) is 0.500. The van der Waals surface area contributed by atoms with Crippen LogP contribution in [0.1, 0.15) is 24.0 Å².